The third-order valence-corrected chi connectivity index (χ3v) is 4.85. The molecule has 0 atom stereocenters. The van der Waals surface area contributed by atoms with Crippen LogP contribution in [0.25, 0.3) is 0 Å². The van der Waals surface area contributed by atoms with E-state index in [1.807, 2.05) is 51.1 Å². The molecular formula is C24H28N2O4. The van der Waals surface area contributed by atoms with Crippen LogP contribution in [0.1, 0.15) is 53.5 Å². The van der Waals surface area contributed by atoms with Gasteiger partial charge in [-0.25, -0.2) is 4.79 Å². The maximum absolute atomic E-state index is 12.7. The van der Waals surface area contributed by atoms with Crippen molar-refractivity contribution in [3.05, 3.63) is 71.3 Å². The number of benzene rings is 2. The lowest BCUT2D eigenvalue weighted by Gasteiger charge is -2.28. The minimum absolute atomic E-state index is 0.261. The number of carbonyl (C=O) groups is 3. The van der Waals surface area contributed by atoms with Gasteiger partial charge in [0.05, 0.1) is 11.1 Å². The molecule has 0 aliphatic carbocycles. The summed E-state index contributed by atoms with van der Waals surface area (Å²) in [5, 5.41) is 0. The lowest BCUT2D eigenvalue weighted by molar-refractivity contribution is 0.0247. The van der Waals surface area contributed by atoms with Crippen LogP contribution >= 0.6 is 0 Å². The first-order valence-electron chi connectivity index (χ1n) is 10.2. The maximum atomic E-state index is 12.7. The first-order valence-corrected chi connectivity index (χ1v) is 10.2. The van der Waals surface area contributed by atoms with E-state index < -0.39 is 5.60 Å². The van der Waals surface area contributed by atoms with Crippen LogP contribution < -0.4 is 0 Å². The molecule has 1 aliphatic heterocycles. The number of ether oxygens (including phenoxy) is 1. The van der Waals surface area contributed by atoms with Crippen LogP contribution in [0.3, 0.4) is 0 Å². The van der Waals surface area contributed by atoms with Gasteiger partial charge in [-0.05, 0) is 51.3 Å². The zero-order valence-corrected chi connectivity index (χ0v) is 17.8. The standard InChI is InChI=1S/C24H28N2O4/c1-24(2,3)30-23(29)25(17-14-18-10-5-4-6-11-18)15-9-16-26-21(27)19-12-7-8-13-20(19)22(26)28/h4-8,10-13H,9,14-17H2,1-3H3. The van der Waals surface area contributed by atoms with E-state index in [1.54, 1.807) is 29.2 Å². The lowest BCUT2D eigenvalue weighted by Crippen LogP contribution is -2.40. The molecule has 158 valence electrons. The van der Waals surface area contributed by atoms with Crippen LogP contribution in [0.4, 0.5) is 4.79 Å². The van der Waals surface area contributed by atoms with E-state index in [2.05, 4.69) is 0 Å². The third-order valence-electron chi connectivity index (χ3n) is 4.85. The summed E-state index contributed by atoms with van der Waals surface area (Å²) in [5.41, 5.74) is 1.42. The molecule has 0 fully saturated rings. The molecule has 1 aliphatic rings. The van der Waals surface area contributed by atoms with Gasteiger partial charge in [-0.1, -0.05) is 42.5 Å². The van der Waals surface area contributed by atoms with Gasteiger partial charge in [-0.2, -0.15) is 0 Å². The molecule has 0 saturated carbocycles. The molecule has 3 rings (SSSR count). The van der Waals surface area contributed by atoms with Crippen molar-refractivity contribution in [3.63, 3.8) is 0 Å². The Labute approximate surface area is 177 Å². The average Bonchev–Trinajstić information content (AvgIpc) is 2.95. The monoisotopic (exact) mass is 408 g/mol. The van der Waals surface area contributed by atoms with Crippen molar-refractivity contribution in [2.24, 2.45) is 0 Å². The number of rotatable bonds is 7. The molecule has 1 heterocycles. The Morgan fingerprint density at radius 3 is 2.03 bits per heavy atom. The van der Waals surface area contributed by atoms with Gasteiger partial charge in [-0.3, -0.25) is 14.5 Å². The van der Waals surface area contributed by atoms with Crippen molar-refractivity contribution >= 4 is 17.9 Å². The second-order valence-corrected chi connectivity index (χ2v) is 8.36. The molecule has 0 saturated heterocycles. The van der Waals surface area contributed by atoms with Crippen molar-refractivity contribution in [2.75, 3.05) is 19.6 Å². The molecule has 0 bridgehead atoms. The normalized spacial score (nSPS) is 13.4. The topological polar surface area (TPSA) is 66.9 Å². The summed E-state index contributed by atoms with van der Waals surface area (Å²) in [4.78, 5) is 40.6. The highest BCUT2D eigenvalue weighted by Gasteiger charge is 2.34. The van der Waals surface area contributed by atoms with Crippen molar-refractivity contribution in [1.29, 1.82) is 0 Å². The van der Waals surface area contributed by atoms with Gasteiger partial charge < -0.3 is 9.64 Å². The fourth-order valence-electron chi connectivity index (χ4n) is 3.39. The lowest BCUT2D eigenvalue weighted by atomic mass is 10.1. The number of fused-ring (bicyclic) bond motifs is 1. The van der Waals surface area contributed by atoms with Crippen molar-refractivity contribution in [3.8, 4) is 0 Å². The quantitative estimate of drug-likeness (QED) is 0.646. The summed E-state index contributed by atoms with van der Waals surface area (Å²) in [6, 6.07) is 16.8. The van der Waals surface area contributed by atoms with Gasteiger partial charge in [0, 0.05) is 19.6 Å². The van der Waals surface area contributed by atoms with Gasteiger partial charge in [0.1, 0.15) is 5.60 Å². The van der Waals surface area contributed by atoms with E-state index in [0.29, 0.717) is 37.1 Å². The number of nitrogens with zero attached hydrogens (tertiary/aromatic N) is 2. The van der Waals surface area contributed by atoms with Crippen LogP contribution in [0, 0.1) is 0 Å². The minimum Gasteiger partial charge on any atom is -0.444 e. The van der Waals surface area contributed by atoms with E-state index >= 15 is 0 Å². The Bertz CT molecular complexity index is 883. The number of carbonyl (C=O) groups excluding carboxylic acids is 3. The van der Waals surface area contributed by atoms with Gasteiger partial charge in [0.2, 0.25) is 0 Å². The predicted octanol–water partition coefficient (Wildman–Crippen LogP) is 4.15. The molecule has 6 nitrogen and oxygen atoms in total. The average molecular weight is 408 g/mol. The summed E-state index contributed by atoms with van der Waals surface area (Å²) in [6.45, 7) is 6.66. The number of amides is 3. The van der Waals surface area contributed by atoms with Gasteiger partial charge >= 0.3 is 6.09 Å². The van der Waals surface area contributed by atoms with Crippen LogP contribution in [0.15, 0.2) is 54.6 Å². The molecule has 0 unspecified atom stereocenters. The molecule has 6 heteroatoms. The Balaban J connectivity index is 1.61. The fourth-order valence-corrected chi connectivity index (χ4v) is 3.39. The molecular weight excluding hydrogens is 380 g/mol. The summed E-state index contributed by atoms with van der Waals surface area (Å²) >= 11 is 0. The zero-order chi connectivity index (χ0) is 21.7. The second-order valence-electron chi connectivity index (χ2n) is 8.36. The molecule has 0 radical (unpaired) electrons. The minimum atomic E-state index is -0.593. The molecule has 0 N–H and O–H groups in total. The smallest absolute Gasteiger partial charge is 0.410 e. The molecule has 2 aromatic rings. The van der Waals surface area contributed by atoms with Crippen LogP contribution in [-0.2, 0) is 11.2 Å². The van der Waals surface area contributed by atoms with Gasteiger partial charge in [-0.15, -0.1) is 0 Å². The highest BCUT2D eigenvalue weighted by Crippen LogP contribution is 2.22. The Kier molecular flexibility index (Phi) is 6.55. The van der Waals surface area contributed by atoms with Crippen LogP contribution in [0.5, 0.6) is 0 Å². The largest absolute Gasteiger partial charge is 0.444 e. The highest BCUT2D eigenvalue weighted by molar-refractivity contribution is 6.21. The molecule has 2 aromatic carbocycles. The van der Waals surface area contributed by atoms with Gasteiger partial charge in [0.25, 0.3) is 11.8 Å². The van der Waals surface area contributed by atoms with E-state index in [9.17, 15) is 14.4 Å². The van der Waals surface area contributed by atoms with Crippen LogP contribution in [0.2, 0.25) is 0 Å². The third kappa shape index (κ3) is 5.26. The van der Waals surface area contributed by atoms with Crippen molar-refractivity contribution in [2.45, 2.75) is 39.2 Å². The summed E-state index contributed by atoms with van der Waals surface area (Å²) in [5.74, 6) is -0.549. The molecule has 0 spiro atoms. The zero-order valence-electron chi connectivity index (χ0n) is 17.8. The summed E-state index contributed by atoms with van der Waals surface area (Å²) in [6.07, 6.45) is 0.799. The number of imide groups is 1. The highest BCUT2D eigenvalue weighted by atomic mass is 16.6. The van der Waals surface area contributed by atoms with E-state index in [4.69, 9.17) is 4.74 Å². The Morgan fingerprint density at radius 2 is 1.47 bits per heavy atom. The molecule has 0 aromatic heterocycles. The molecule has 3 amide bonds. The van der Waals surface area contributed by atoms with Crippen molar-refractivity contribution in [1.82, 2.24) is 9.80 Å². The summed E-state index contributed by atoms with van der Waals surface area (Å²) < 4.78 is 5.54. The first-order chi connectivity index (χ1) is 14.3. The van der Waals surface area contributed by atoms with Gasteiger partial charge in [0.15, 0.2) is 0 Å². The molecule has 30 heavy (non-hydrogen) atoms. The first kappa shape index (κ1) is 21.6. The second kappa shape index (κ2) is 9.11. The fraction of sp³-hybridized carbons (Fsp3) is 0.375. The van der Waals surface area contributed by atoms with Crippen molar-refractivity contribution < 1.29 is 19.1 Å². The summed E-state index contributed by atoms with van der Waals surface area (Å²) in [7, 11) is 0. The van der Waals surface area contributed by atoms with E-state index in [-0.39, 0.29) is 24.5 Å². The number of hydrogen-bond donors (Lipinski definition) is 0. The predicted molar refractivity (Wildman–Crippen MR) is 114 cm³/mol. The SMILES string of the molecule is CC(C)(C)OC(=O)N(CCCN1C(=O)c2ccccc2C1=O)CCc1ccccc1. The number of hydrogen-bond acceptors (Lipinski definition) is 4. The maximum Gasteiger partial charge on any atom is 0.410 e. The van der Waals surface area contributed by atoms with E-state index in [0.717, 1.165) is 5.56 Å². The van der Waals surface area contributed by atoms with E-state index in [1.165, 1.54) is 4.90 Å². The van der Waals surface area contributed by atoms with Crippen LogP contribution in [-0.4, -0.2) is 52.9 Å². The Morgan fingerprint density at radius 1 is 0.900 bits per heavy atom. The Hall–Kier alpha value is -3.15.